The van der Waals surface area contributed by atoms with Crippen LogP contribution in [-0.2, 0) is 9.59 Å². The van der Waals surface area contributed by atoms with Gasteiger partial charge in [-0.3, -0.25) is 9.59 Å². The van der Waals surface area contributed by atoms with Crippen molar-refractivity contribution in [3.05, 3.63) is 0 Å². The van der Waals surface area contributed by atoms with Crippen molar-refractivity contribution in [2.24, 2.45) is 5.92 Å². The summed E-state index contributed by atoms with van der Waals surface area (Å²) in [5.74, 6) is -3.91. The van der Waals surface area contributed by atoms with E-state index >= 15 is 0 Å². The molecule has 0 aliphatic rings. The molecule has 0 saturated heterocycles. The first-order valence-corrected chi connectivity index (χ1v) is 2.01. The average Bonchev–Trinajstić information content (AvgIpc) is 1.64. The van der Waals surface area contributed by atoms with Crippen LogP contribution in [0.3, 0.4) is 0 Å². The Morgan fingerprint density at radius 1 is 1.33 bits per heavy atom. The predicted molar refractivity (Wildman–Crippen MR) is 25.5 cm³/mol. The maximum atomic E-state index is 9.76. The van der Waals surface area contributed by atoms with E-state index in [4.69, 9.17) is 10.2 Å². The van der Waals surface area contributed by atoms with E-state index in [1.807, 2.05) is 0 Å². The minimum atomic E-state index is -1.31. The van der Waals surface area contributed by atoms with Gasteiger partial charge in [-0.1, -0.05) is 0 Å². The van der Waals surface area contributed by atoms with Gasteiger partial charge in [0.25, 0.3) is 0 Å². The molecule has 0 saturated carbocycles. The minimum Gasteiger partial charge on any atom is -1.00 e. The number of carboxylic acid groups (broad SMARTS) is 2. The Hall–Kier alpha value is -0.463. The van der Waals surface area contributed by atoms with Crippen LogP contribution in [0.2, 0.25) is 0 Å². The van der Waals surface area contributed by atoms with Crippen LogP contribution in [0.4, 0.5) is 0 Å². The van der Waals surface area contributed by atoms with Crippen LogP contribution in [-0.4, -0.2) is 22.2 Å². The van der Waals surface area contributed by atoms with Crippen molar-refractivity contribution in [3.63, 3.8) is 0 Å². The molecule has 0 rings (SSSR count). The quantitative estimate of drug-likeness (QED) is 0.303. The molecule has 0 radical (unpaired) electrons. The Morgan fingerprint density at radius 3 is 1.56 bits per heavy atom. The third-order valence-corrected chi connectivity index (χ3v) is 0.741. The van der Waals surface area contributed by atoms with E-state index in [9.17, 15) is 9.59 Å². The molecule has 0 unspecified atom stereocenters. The van der Waals surface area contributed by atoms with E-state index < -0.39 is 17.9 Å². The Kier molecular flexibility index (Phi) is 5.57. The van der Waals surface area contributed by atoms with E-state index in [0.717, 1.165) is 6.92 Å². The smallest absolute Gasteiger partial charge is 1.00 e. The third kappa shape index (κ3) is 4.07. The van der Waals surface area contributed by atoms with Gasteiger partial charge in [-0.2, -0.15) is 0 Å². The first kappa shape index (κ1) is 11.3. The molecule has 0 heterocycles. The van der Waals surface area contributed by atoms with Crippen molar-refractivity contribution < 1.29 is 40.1 Å². The van der Waals surface area contributed by atoms with Crippen molar-refractivity contribution in [3.8, 4) is 0 Å². The van der Waals surface area contributed by atoms with Gasteiger partial charge >= 0.3 is 30.8 Å². The second-order valence-electron chi connectivity index (χ2n) is 1.40. The maximum Gasteiger partial charge on any atom is 1.00 e. The van der Waals surface area contributed by atoms with Crippen LogP contribution in [0.15, 0.2) is 0 Å². The fraction of sp³-hybridized carbons (Fsp3) is 0.500. The van der Waals surface area contributed by atoms with Gasteiger partial charge in [-0.25, -0.2) is 0 Å². The van der Waals surface area contributed by atoms with Gasteiger partial charge in [-0.05, 0) is 6.92 Å². The van der Waals surface area contributed by atoms with Crippen molar-refractivity contribution >= 4 is 11.9 Å². The van der Waals surface area contributed by atoms with Crippen molar-refractivity contribution in [1.29, 1.82) is 0 Å². The molecule has 4 nitrogen and oxygen atoms in total. The second-order valence-corrected chi connectivity index (χ2v) is 1.40. The van der Waals surface area contributed by atoms with E-state index in [1.165, 1.54) is 0 Å². The molecule has 0 bridgehead atoms. The number of rotatable bonds is 2. The molecule has 0 aliphatic carbocycles. The van der Waals surface area contributed by atoms with Gasteiger partial charge in [0.1, 0.15) is 0 Å². The van der Waals surface area contributed by atoms with Crippen molar-refractivity contribution in [2.45, 2.75) is 6.92 Å². The van der Waals surface area contributed by atoms with E-state index in [2.05, 4.69) is 0 Å². The number of hydrogen-bond acceptors (Lipinski definition) is 2. The van der Waals surface area contributed by atoms with Crippen LogP contribution < -0.4 is 18.9 Å². The van der Waals surface area contributed by atoms with Gasteiger partial charge in [0.05, 0.1) is 0 Å². The first-order valence-electron chi connectivity index (χ1n) is 2.01. The van der Waals surface area contributed by atoms with Gasteiger partial charge in [0.2, 0.25) is 0 Å². The molecule has 2 N–H and O–H groups in total. The summed E-state index contributed by atoms with van der Waals surface area (Å²) in [4.78, 5) is 19.5. The topological polar surface area (TPSA) is 74.6 Å². The summed E-state index contributed by atoms with van der Waals surface area (Å²) >= 11 is 0. The molecule has 0 aliphatic heterocycles. The van der Waals surface area contributed by atoms with Crippen molar-refractivity contribution in [2.75, 3.05) is 0 Å². The number of aliphatic carboxylic acids is 2. The molecule has 0 spiro atoms. The molecule has 0 aromatic rings. The fourth-order valence-corrected chi connectivity index (χ4v) is 0.106. The van der Waals surface area contributed by atoms with Gasteiger partial charge < -0.3 is 11.6 Å². The Balaban J connectivity index is -0.000000245. The van der Waals surface area contributed by atoms with E-state index in [1.54, 1.807) is 0 Å². The largest absolute Gasteiger partial charge is 1.00 e. The number of carboxylic acids is 2. The summed E-state index contributed by atoms with van der Waals surface area (Å²) in [5.41, 5.74) is 0. The summed E-state index contributed by atoms with van der Waals surface area (Å²) in [6, 6.07) is 0. The van der Waals surface area contributed by atoms with Crippen LogP contribution >= 0.6 is 0 Å². The van der Waals surface area contributed by atoms with E-state index in [-0.39, 0.29) is 20.3 Å². The van der Waals surface area contributed by atoms with Crippen LogP contribution in [0.25, 0.3) is 0 Å². The average molecular weight is 126 g/mol. The first-order chi connectivity index (χ1) is 3.55. The molecular formula is C4H7LiO4. The fourth-order valence-electron chi connectivity index (χ4n) is 0.106. The maximum absolute atomic E-state index is 9.76. The second kappa shape index (κ2) is 4.42. The molecule has 0 aromatic heterocycles. The Labute approximate surface area is 65.5 Å². The Bertz CT molecular complexity index is 112. The third-order valence-electron chi connectivity index (χ3n) is 0.741. The predicted octanol–water partition coefficient (Wildman–Crippen LogP) is -3.09. The van der Waals surface area contributed by atoms with Gasteiger partial charge in [0.15, 0.2) is 5.92 Å². The molecule has 9 heavy (non-hydrogen) atoms. The zero-order chi connectivity index (χ0) is 6.73. The monoisotopic (exact) mass is 126 g/mol. The summed E-state index contributed by atoms with van der Waals surface area (Å²) in [7, 11) is 0. The standard InChI is InChI=1S/C4H6O4.Li.H/c1-2(3(5)6)4(7)8;;/h2H,1H3,(H,5,6)(H,7,8);;/q;+1;-1. The molecule has 48 valence electrons. The van der Waals surface area contributed by atoms with Gasteiger partial charge in [0, 0.05) is 0 Å². The van der Waals surface area contributed by atoms with Crippen molar-refractivity contribution in [1.82, 2.24) is 0 Å². The molecule has 0 aromatic carbocycles. The molecule has 0 fully saturated rings. The number of hydrogen-bond donors (Lipinski definition) is 2. The molecule has 0 atom stereocenters. The zero-order valence-electron chi connectivity index (χ0n) is 6.29. The summed E-state index contributed by atoms with van der Waals surface area (Å²) in [6.07, 6.45) is 0. The SMILES string of the molecule is CC(C(=O)O)C(=O)O.[H-].[Li+]. The Morgan fingerprint density at radius 2 is 1.56 bits per heavy atom. The number of carbonyl (C=O) groups is 2. The molecule has 5 heteroatoms. The van der Waals surface area contributed by atoms with Crippen LogP contribution in [0.1, 0.15) is 8.35 Å². The van der Waals surface area contributed by atoms with Crippen LogP contribution in [0.5, 0.6) is 0 Å². The molecule has 0 amide bonds. The summed E-state index contributed by atoms with van der Waals surface area (Å²) in [5, 5.41) is 15.9. The molecular weight excluding hydrogens is 119 g/mol. The van der Waals surface area contributed by atoms with Gasteiger partial charge in [-0.15, -0.1) is 0 Å². The zero-order valence-corrected chi connectivity index (χ0v) is 5.29. The van der Waals surface area contributed by atoms with Crippen LogP contribution in [0, 0.1) is 5.92 Å². The van der Waals surface area contributed by atoms with E-state index in [0.29, 0.717) is 0 Å². The summed E-state index contributed by atoms with van der Waals surface area (Å²) in [6.45, 7) is 1.12. The summed E-state index contributed by atoms with van der Waals surface area (Å²) < 4.78 is 0. The normalized spacial score (nSPS) is 8.22. The minimum absolute atomic E-state index is 0.